The minimum atomic E-state index is -3.41. The molecule has 1 aliphatic heterocycles. The topological polar surface area (TPSA) is 75.4 Å². The molecule has 1 aliphatic rings. The first kappa shape index (κ1) is 18.1. The fourth-order valence-electron chi connectivity index (χ4n) is 2.98. The van der Waals surface area contributed by atoms with Crippen molar-refractivity contribution in [3.63, 3.8) is 0 Å². The van der Waals surface area contributed by atoms with E-state index in [2.05, 4.69) is 16.6 Å². The highest BCUT2D eigenvalue weighted by molar-refractivity contribution is 7.87. The summed E-state index contributed by atoms with van der Waals surface area (Å²) in [7, 11) is -3.41. The summed E-state index contributed by atoms with van der Waals surface area (Å²) in [5.74, 6) is 1.89. The number of aryl methyl sites for hydroxylation is 1. The lowest BCUT2D eigenvalue weighted by Crippen LogP contribution is -2.45. The molecule has 1 aromatic heterocycles. The summed E-state index contributed by atoms with van der Waals surface area (Å²) >= 11 is 0. The molecule has 1 N–H and O–H groups in total. The lowest BCUT2D eigenvalue weighted by molar-refractivity contribution is 0.285. The van der Waals surface area contributed by atoms with Crippen LogP contribution in [0, 0.1) is 12.8 Å². The number of hydrogen-bond acceptors (Lipinski definition) is 4. The van der Waals surface area contributed by atoms with Crippen LogP contribution in [0.3, 0.4) is 0 Å². The van der Waals surface area contributed by atoms with Gasteiger partial charge in [0.25, 0.3) is 10.2 Å². The highest BCUT2D eigenvalue weighted by Gasteiger charge is 2.26. The summed E-state index contributed by atoms with van der Waals surface area (Å²) < 4.78 is 34.7. The Morgan fingerprint density at radius 2 is 1.92 bits per heavy atom. The molecule has 1 saturated heterocycles. The van der Waals surface area contributed by atoms with Crippen LogP contribution in [-0.4, -0.2) is 37.3 Å². The minimum absolute atomic E-state index is 0.315. The molecule has 0 atom stereocenters. The van der Waals surface area contributed by atoms with Gasteiger partial charge < -0.3 is 4.42 Å². The molecule has 25 heavy (non-hydrogen) atoms. The molecular formula is C18H25N3O3S. The summed E-state index contributed by atoms with van der Waals surface area (Å²) in [6.07, 6.45) is 2.35. The monoisotopic (exact) mass is 363 g/mol. The van der Waals surface area contributed by atoms with Gasteiger partial charge >= 0.3 is 0 Å². The van der Waals surface area contributed by atoms with E-state index in [9.17, 15) is 8.42 Å². The van der Waals surface area contributed by atoms with Crippen LogP contribution in [0.2, 0.25) is 0 Å². The predicted molar refractivity (Wildman–Crippen MR) is 97.3 cm³/mol. The Balaban J connectivity index is 1.58. The first-order chi connectivity index (χ1) is 12.0. The van der Waals surface area contributed by atoms with Gasteiger partial charge in [-0.05, 0) is 37.8 Å². The third-order valence-electron chi connectivity index (χ3n) is 4.64. The second kappa shape index (κ2) is 7.68. The molecule has 0 aliphatic carbocycles. The zero-order chi connectivity index (χ0) is 17.9. The average molecular weight is 363 g/mol. The molecule has 2 heterocycles. The number of rotatable bonds is 6. The van der Waals surface area contributed by atoms with E-state index in [0.29, 0.717) is 37.9 Å². The SMILES string of the molecule is Cc1oc(-c2ccccc2)nc1CCNS(=O)(=O)N1CCC(C)CC1. The van der Waals surface area contributed by atoms with Crippen molar-refractivity contribution in [2.24, 2.45) is 5.92 Å². The molecule has 0 saturated carbocycles. The van der Waals surface area contributed by atoms with Crippen LogP contribution < -0.4 is 4.72 Å². The number of benzene rings is 1. The molecule has 0 radical (unpaired) electrons. The van der Waals surface area contributed by atoms with Crippen LogP contribution in [0.1, 0.15) is 31.2 Å². The number of aromatic nitrogens is 1. The molecule has 6 nitrogen and oxygen atoms in total. The van der Waals surface area contributed by atoms with Crippen molar-refractivity contribution in [1.29, 1.82) is 0 Å². The lowest BCUT2D eigenvalue weighted by atomic mass is 10.0. The smallest absolute Gasteiger partial charge is 0.279 e. The van der Waals surface area contributed by atoms with Gasteiger partial charge in [0, 0.05) is 31.6 Å². The molecule has 1 aromatic carbocycles. The number of hydrogen-bond donors (Lipinski definition) is 1. The van der Waals surface area contributed by atoms with Crippen molar-refractivity contribution < 1.29 is 12.8 Å². The Morgan fingerprint density at radius 1 is 1.24 bits per heavy atom. The van der Waals surface area contributed by atoms with Gasteiger partial charge in [0.05, 0.1) is 5.69 Å². The molecule has 0 spiro atoms. The summed E-state index contributed by atoms with van der Waals surface area (Å²) in [6.45, 7) is 5.52. The van der Waals surface area contributed by atoms with Crippen molar-refractivity contribution >= 4 is 10.2 Å². The van der Waals surface area contributed by atoms with Gasteiger partial charge in [-0.15, -0.1) is 0 Å². The standard InChI is InChI=1S/C18H25N3O3S/c1-14-9-12-21(13-10-14)25(22,23)19-11-8-17-15(2)24-18(20-17)16-6-4-3-5-7-16/h3-7,14,19H,8-13H2,1-2H3. The lowest BCUT2D eigenvalue weighted by Gasteiger charge is -2.29. The van der Waals surface area contributed by atoms with E-state index in [-0.39, 0.29) is 0 Å². The molecule has 136 valence electrons. The molecule has 3 rings (SSSR count). The molecule has 7 heteroatoms. The third-order valence-corrected chi connectivity index (χ3v) is 6.26. The van der Waals surface area contributed by atoms with E-state index >= 15 is 0 Å². The van der Waals surface area contributed by atoms with E-state index in [1.807, 2.05) is 37.3 Å². The van der Waals surface area contributed by atoms with E-state index in [4.69, 9.17) is 4.42 Å². The fraction of sp³-hybridized carbons (Fsp3) is 0.500. The van der Waals surface area contributed by atoms with Crippen LogP contribution in [0.25, 0.3) is 11.5 Å². The molecule has 0 amide bonds. The van der Waals surface area contributed by atoms with Gasteiger partial charge in [-0.1, -0.05) is 25.1 Å². The van der Waals surface area contributed by atoms with Gasteiger partial charge in [0.15, 0.2) is 0 Å². The minimum Gasteiger partial charge on any atom is -0.441 e. The van der Waals surface area contributed by atoms with Crippen molar-refractivity contribution in [3.05, 3.63) is 41.8 Å². The van der Waals surface area contributed by atoms with Crippen LogP contribution >= 0.6 is 0 Å². The molecule has 1 fully saturated rings. The van der Waals surface area contributed by atoms with E-state index in [0.717, 1.165) is 29.9 Å². The zero-order valence-electron chi connectivity index (χ0n) is 14.7. The van der Waals surface area contributed by atoms with Gasteiger partial charge in [-0.25, -0.2) is 9.71 Å². The van der Waals surface area contributed by atoms with Gasteiger partial charge in [-0.2, -0.15) is 12.7 Å². The molecular weight excluding hydrogens is 338 g/mol. The van der Waals surface area contributed by atoms with E-state index < -0.39 is 10.2 Å². The largest absolute Gasteiger partial charge is 0.441 e. The Hall–Kier alpha value is -1.70. The number of nitrogens with zero attached hydrogens (tertiary/aromatic N) is 2. The van der Waals surface area contributed by atoms with E-state index in [1.165, 1.54) is 4.31 Å². The highest BCUT2D eigenvalue weighted by Crippen LogP contribution is 2.22. The highest BCUT2D eigenvalue weighted by atomic mass is 32.2. The first-order valence-electron chi connectivity index (χ1n) is 8.72. The quantitative estimate of drug-likeness (QED) is 0.856. The van der Waals surface area contributed by atoms with Gasteiger partial charge in [0.2, 0.25) is 5.89 Å². The summed E-state index contributed by atoms with van der Waals surface area (Å²) in [5, 5.41) is 0. The van der Waals surface area contributed by atoms with Crippen LogP contribution in [-0.2, 0) is 16.6 Å². The average Bonchev–Trinajstić information content (AvgIpc) is 2.97. The number of nitrogens with one attached hydrogen (secondary N) is 1. The zero-order valence-corrected chi connectivity index (χ0v) is 15.6. The fourth-order valence-corrected chi connectivity index (χ4v) is 4.21. The Kier molecular flexibility index (Phi) is 5.56. The summed E-state index contributed by atoms with van der Waals surface area (Å²) in [5.41, 5.74) is 1.70. The first-order valence-corrected chi connectivity index (χ1v) is 10.2. The third kappa shape index (κ3) is 4.48. The number of oxazole rings is 1. The van der Waals surface area contributed by atoms with E-state index in [1.54, 1.807) is 0 Å². The predicted octanol–water partition coefficient (Wildman–Crippen LogP) is 2.76. The molecule has 0 unspecified atom stereocenters. The second-order valence-corrected chi connectivity index (χ2v) is 8.37. The summed E-state index contributed by atoms with van der Waals surface area (Å²) in [6, 6.07) is 9.69. The maximum Gasteiger partial charge on any atom is 0.279 e. The van der Waals surface area contributed by atoms with Crippen molar-refractivity contribution in [2.45, 2.75) is 33.1 Å². The van der Waals surface area contributed by atoms with Crippen molar-refractivity contribution in [1.82, 2.24) is 14.0 Å². The van der Waals surface area contributed by atoms with Crippen LogP contribution in [0.4, 0.5) is 0 Å². The van der Waals surface area contributed by atoms with Crippen LogP contribution in [0.15, 0.2) is 34.7 Å². The Morgan fingerprint density at radius 3 is 2.60 bits per heavy atom. The van der Waals surface area contributed by atoms with Gasteiger partial charge in [-0.3, -0.25) is 0 Å². The normalized spacial score (nSPS) is 17.0. The summed E-state index contributed by atoms with van der Waals surface area (Å²) in [4.78, 5) is 4.51. The van der Waals surface area contributed by atoms with Crippen LogP contribution in [0.5, 0.6) is 0 Å². The van der Waals surface area contributed by atoms with Gasteiger partial charge in [0.1, 0.15) is 5.76 Å². The Labute approximate surface area is 149 Å². The maximum atomic E-state index is 12.4. The second-order valence-electron chi connectivity index (χ2n) is 6.62. The Bertz CT molecular complexity index is 794. The maximum absolute atomic E-state index is 12.4. The molecule has 0 bridgehead atoms. The number of piperidine rings is 1. The van der Waals surface area contributed by atoms with Crippen molar-refractivity contribution in [3.8, 4) is 11.5 Å². The molecule has 2 aromatic rings. The van der Waals surface area contributed by atoms with Crippen molar-refractivity contribution in [2.75, 3.05) is 19.6 Å².